The molecule has 4 heterocycles. The summed E-state index contributed by atoms with van der Waals surface area (Å²) in [5.41, 5.74) is -1.21. The van der Waals surface area contributed by atoms with Crippen LogP contribution in [0.1, 0.15) is 58.0 Å². The number of hydrogen-bond donors (Lipinski definition) is 3. The second kappa shape index (κ2) is 8.64. The van der Waals surface area contributed by atoms with Crippen molar-refractivity contribution in [1.82, 2.24) is 30.0 Å². The maximum absolute atomic E-state index is 13.1. The standard InChI is InChI=1S/C24H25FN6O4/c1-30-11-8-17(29-30)20(33)28-24-9-6-15(7-10-24)13-31-22(35)19(32)18(27-23(24)31)21(34)26-12-14-2-4-16(25)5-3-14/h2-5,8,11,15,32H,6-7,9-10,12-13H2,1H3,(H,26,34)(H,28,33). The van der Waals surface area contributed by atoms with Crippen LogP contribution in [0.4, 0.5) is 4.39 Å². The molecule has 11 heteroatoms. The molecule has 3 aliphatic rings. The van der Waals surface area contributed by atoms with Crippen molar-refractivity contribution in [1.29, 1.82) is 0 Å². The van der Waals surface area contributed by atoms with Crippen molar-refractivity contribution in [3.05, 3.63) is 75.5 Å². The highest BCUT2D eigenvalue weighted by Crippen LogP contribution is 2.43. The molecule has 2 aromatic heterocycles. The minimum atomic E-state index is -0.972. The highest BCUT2D eigenvalue weighted by atomic mass is 19.1. The maximum atomic E-state index is 13.1. The molecule has 2 amide bonds. The third kappa shape index (κ3) is 4.17. The lowest BCUT2D eigenvalue weighted by Crippen LogP contribution is -2.50. The second-order valence-corrected chi connectivity index (χ2v) is 9.21. The van der Waals surface area contributed by atoms with Crippen LogP contribution in [0, 0.1) is 11.7 Å². The molecule has 2 bridgehead atoms. The van der Waals surface area contributed by atoms with Gasteiger partial charge in [-0.15, -0.1) is 0 Å². The third-order valence-corrected chi connectivity index (χ3v) is 6.85. The number of fused-ring (bicyclic) bond motifs is 2. The van der Waals surface area contributed by atoms with Gasteiger partial charge in [0.2, 0.25) is 5.75 Å². The van der Waals surface area contributed by atoms with Gasteiger partial charge in [-0.3, -0.25) is 23.6 Å². The monoisotopic (exact) mass is 480 g/mol. The fourth-order valence-corrected chi connectivity index (χ4v) is 4.94. The quantitative estimate of drug-likeness (QED) is 0.508. The Hall–Kier alpha value is -4.02. The van der Waals surface area contributed by atoms with Crippen LogP contribution < -0.4 is 16.2 Å². The lowest BCUT2D eigenvalue weighted by atomic mass is 9.77. The molecule has 0 unspecified atom stereocenters. The van der Waals surface area contributed by atoms with E-state index in [9.17, 15) is 23.9 Å². The van der Waals surface area contributed by atoms with Gasteiger partial charge in [0.25, 0.3) is 17.4 Å². The summed E-state index contributed by atoms with van der Waals surface area (Å²) in [7, 11) is 1.71. The van der Waals surface area contributed by atoms with Gasteiger partial charge in [-0.05, 0) is 55.4 Å². The van der Waals surface area contributed by atoms with Crippen LogP contribution in [-0.2, 0) is 25.7 Å². The molecule has 3 aromatic rings. The van der Waals surface area contributed by atoms with E-state index in [0.29, 0.717) is 24.9 Å². The number of amides is 2. The summed E-state index contributed by atoms with van der Waals surface area (Å²) in [6.45, 7) is 0.412. The van der Waals surface area contributed by atoms with Gasteiger partial charge in [-0.2, -0.15) is 5.10 Å². The molecule has 10 nitrogen and oxygen atoms in total. The summed E-state index contributed by atoms with van der Waals surface area (Å²) < 4.78 is 16.1. The van der Waals surface area contributed by atoms with E-state index in [-0.39, 0.29) is 24.0 Å². The number of aromatic hydroxyl groups is 1. The molecule has 0 spiro atoms. The summed E-state index contributed by atoms with van der Waals surface area (Å²) in [5.74, 6) is -1.81. The molecular formula is C24H25FN6O4. The molecule has 182 valence electrons. The zero-order valence-electron chi connectivity index (χ0n) is 19.1. The Morgan fingerprint density at radius 2 is 1.89 bits per heavy atom. The van der Waals surface area contributed by atoms with Crippen molar-refractivity contribution in [2.75, 3.05) is 0 Å². The highest BCUT2D eigenvalue weighted by molar-refractivity contribution is 5.95. The third-order valence-electron chi connectivity index (χ3n) is 6.85. The SMILES string of the molecule is Cn1ccc(C(=O)NC23CCC(CC2)Cn2c3nc(C(=O)NCc3ccc(F)cc3)c(O)c2=O)n1. The van der Waals surface area contributed by atoms with E-state index in [2.05, 4.69) is 20.7 Å². The topological polar surface area (TPSA) is 131 Å². The molecule has 6 rings (SSSR count). The number of nitrogens with zero attached hydrogens (tertiary/aromatic N) is 4. The predicted octanol–water partition coefficient (Wildman–Crippen LogP) is 1.58. The van der Waals surface area contributed by atoms with Gasteiger partial charge in [0, 0.05) is 26.3 Å². The van der Waals surface area contributed by atoms with E-state index in [0.717, 1.165) is 12.8 Å². The first kappa shape index (κ1) is 22.8. The Morgan fingerprint density at radius 1 is 1.17 bits per heavy atom. The van der Waals surface area contributed by atoms with Crippen LogP contribution in [-0.4, -0.2) is 36.3 Å². The minimum Gasteiger partial charge on any atom is -0.501 e. The number of carbonyl (C=O) groups excluding carboxylic acids is 2. The van der Waals surface area contributed by atoms with Crippen molar-refractivity contribution >= 4 is 11.8 Å². The molecule has 2 aliphatic heterocycles. The number of carbonyl (C=O) groups is 2. The van der Waals surface area contributed by atoms with Crippen LogP contribution in [0.5, 0.6) is 5.75 Å². The Morgan fingerprint density at radius 3 is 2.54 bits per heavy atom. The number of halogens is 1. The molecule has 1 aromatic carbocycles. The van der Waals surface area contributed by atoms with Gasteiger partial charge in [0.05, 0.1) is 5.54 Å². The first-order chi connectivity index (χ1) is 16.8. The van der Waals surface area contributed by atoms with Crippen LogP contribution in [0.25, 0.3) is 0 Å². The van der Waals surface area contributed by atoms with E-state index in [1.807, 2.05) is 0 Å². The average Bonchev–Trinajstić information content (AvgIpc) is 3.16. The van der Waals surface area contributed by atoms with E-state index in [4.69, 9.17) is 0 Å². The number of hydrogen-bond acceptors (Lipinski definition) is 6. The summed E-state index contributed by atoms with van der Waals surface area (Å²) in [5, 5.41) is 20.4. The smallest absolute Gasteiger partial charge is 0.296 e. The highest BCUT2D eigenvalue weighted by Gasteiger charge is 2.46. The second-order valence-electron chi connectivity index (χ2n) is 9.21. The predicted molar refractivity (Wildman–Crippen MR) is 122 cm³/mol. The molecule has 0 atom stereocenters. The first-order valence-electron chi connectivity index (χ1n) is 11.4. The van der Waals surface area contributed by atoms with E-state index < -0.39 is 40.2 Å². The van der Waals surface area contributed by atoms with Gasteiger partial charge >= 0.3 is 0 Å². The lowest BCUT2D eigenvalue weighted by molar-refractivity contribution is 0.0844. The molecule has 1 aliphatic carbocycles. The summed E-state index contributed by atoms with van der Waals surface area (Å²) >= 11 is 0. The Bertz CT molecular complexity index is 1360. The van der Waals surface area contributed by atoms with Crippen molar-refractivity contribution in [2.24, 2.45) is 13.0 Å². The van der Waals surface area contributed by atoms with Crippen molar-refractivity contribution < 1.29 is 19.1 Å². The number of benzene rings is 1. The van der Waals surface area contributed by atoms with Gasteiger partial charge in [0.15, 0.2) is 5.69 Å². The Balaban J connectivity index is 1.50. The van der Waals surface area contributed by atoms with E-state index in [1.165, 1.54) is 33.5 Å². The maximum Gasteiger partial charge on any atom is 0.296 e. The zero-order valence-corrected chi connectivity index (χ0v) is 19.1. The summed E-state index contributed by atoms with van der Waals surface area (Å²) in [4.78, 5) is 43.6. The summed E-state index contributed by atoms with van der Waals surface area (Å²) in [6.07, 6.45) is 4.28. The molecule has 3 N–H and O–H groups in total. The molecule has 35 heavy (non-hydrogen) atoms. The van der Waals surface area contributed by atoms with Gasteiger partial charge in [-0.1, -0.05) is 12.1 Å². The summed E-state index contributed by atoms with van der Waals surface area (Å²) in [6, 6.07) is 7.19. The van der Waals surface area contributed by atoms with Crippen LogP contribution in [0.3, 0.4) is 0 Å². The number of nitrogens with one attached hydrogen (secondary N) is 2. The van der Waals surface area contributed by atoms with Crippen molar-refractivity contribution in [3.63, 3.8) is 0 Å². The molecule has 0 radical (unpaired) electrons. The lowest BCUT2D eigenvalue weighted by Gasteiger charge is -2.36. The van der Waals surface area contributed by atoms with Crippen molar-refractivity contribution in [2.45, 2.75) is 44.3 Å². The molecule has 1 fully saturated rings. The van der Waals surface area contributed by atoms with Crippen molar-refractivity contribution in [3.8, 4) is 5.75 Å². The Kier molecular flexibility index (Phi) is 5.62. The van der Waals surface area contributed by atoms with Gasteiger partial charge in [-0.25, -0.2) is 9.37 Å². The number of aryl methyl sites for hydroxylation is 1. The van der Waals surface area contributed by atoms with E-state index >= 15 is 0 Å². The fraction of sp³-hybridized carbons (Fsp3) is 0.375. The minimum absolute atomic E-state index is 0.0578. The number of rotatable bonds is 5. The van der Waals surface area contributed by atoms with Crippen LogP contribution in [0.2, 0.25) is 0 Å². The molecule has 1 saturated carbocycles. The fourth-order valence-electron chi connectivity index (χ4n) is 4.94. The van der Waals surface area contributed by atoms with Gasteiger partial charge in [0.1, 0.15) is 17.3 Å². The molecular weight excluding hydrogens is 455 g/mol. The van der Waals surface area contributed by atoms with Gasteiger partial charge < -0.3 is 15.7 Å². The number of aromatic nitrogens is 4. The largest absolute Gasteiger partial charge is 0.501 e. The van der Waals surface area contributed by atoms with Crippen LogP contribution in [0.15, 0.2) is 41.3 Å². The average molecular weight is 481 g/mol. The van der Waals surface area contributed by atoms with Crippen LogP contribution >= 0.6 is 0 Å². The van der Waals surface area contributed by atoms with E-state index in [1.54, 1.807) is 19.3 Å². The first-order valence-corrected chi connectivity index (χ1v) is 11.4. The Labute approximate surface area is 199 Å². The zero-order chi connectivity index (χ0) is 24.7. The molecule has 0 saturated heterocycles. The normalized spacial score (nSPS) is 20.7.